The first-order chi connectivity index (χ1) is 16.6. The summed E-state index contributed by atoms with van der Waals surface area (Å²) in [6.45, 7) is 0. The molecular weight excluding hydrogens is 442 g/mol. The second kappa shape index (κ2) is 9.57. The average molecular weight is 466 g/mol. The molecule has 4 aromatic rings. The second-order valence-corrected chi connectivity index (χ2v) is 9.18. The van der Waals surface area contributed by atoms with Crippen LogP contribution in [0.15, 0.2) is 95.9 Å². The molecule has 0 fully saturated rings. The molecule has 4 aromatic carbocycles. The van der Waals surface area contributed by atoms with E-state index in [2.05, 4.69) is 35.6 Å². The van der Waals surface area contributed by atoms with Crippen LogP contribution in [0.5, 0.6) is 5.75 Å². The number of nitrogens with one attached hydrogen (secondary N) is 1. The molecule has 0 saturated heterocycles. The predicted molar refractivity (Wildman–Crippen MR) is 137 cm³/mol. The molecule has 1 N–H and O–H groups in total. The molecule has 0 radical (unpaired) electrons. The van der Waals surface area contributed by atoms with E-state index in [4.69, 9.17) is 4.74 Å². The topological polar surface area (TPSA) is 55.4 Å². The van der Waals surface area contributed by atoms with Gasteiger partial charge < -0.3 is 10.1 Å². The van der Waals surface area contributed by atoms with Gasteiger partial charge in [0.25, 0.3) is 5.91 Å². The zero-order chi connectivity index (χ0) is 23.5. The van der Waals surface area contributed by atoms with Crippen LogP contribution in [0.2, 0.25) is 0 Å². The SMILES string of the molecule is COc1cccc(C(=O)Nc2cccc(SCC(=O)c3ccc4c(c3)Cc3ccccc3-4)c2)c1. The summed E-state index contributed by atoms with van der Waals surface area (Å²) in [5.41, 5.74) is 6.94. The number of thioether (sulfide) groups is 1. The minimum Gasteiger partial charge on any atom is -0.497 e. The fourth-order valence-electron chi connectivity index (χ4n) is 4.18. The van der Waals surface area contributed by atoms with Gasteiger partial charge in [0.1, 0.15) is 5.75 Å². The summed E-state index contributed by atoms with van der Waals surface area (Å²) in [4.78, 5) is 26.4. The lowest BCUT2D eigenvalue weighted by Gasteiger charge is -2.09. The molecule has 0 unspecified atom stereocenters. The van der Waals surface area contributed by atoms with E-state index in [-0.39, 0.29) is 11.7 Å². The number of fused-ring (bicyclic) bond motifs is 3. The Bertz CT molecular complexity index is 1400. The average Bonchev–Trinajstić information content (AvgIpc) is 3.25. The third-order valence-corrected chi connectivity index (χ3v) is 6.90. The van der Waals surface area contributed by atoms with Crippen LogP contribution in [-0.2, 0) is 6.42 Å². The molecule has 0 aromatic heterocycles. The van der Waals surface area contributed by atoms with Crippen molar-refractivity contribution in [3.63, 3.8) is 0 Å². The summed E-state index contributed by atoms with van der Waals surface area (Å²) in [5, 5.41) is 2.91. The van der Waals surface area contributed by atoms with Gasteiger partial charge in [0, 0.05) is 21.7 Å². The van der Waals surface area contributed by atoms with E-state index in [0.717, 1.165) is 16.9 Å². The lowest BCUT2D eigenvalue weighted by Crippen LogP contribution is -2.11. The molecule has 1 amide bonds. The van der Waals surface area contributed by atoms with Crippen LogP contribution >= 0.6 is 11.8 Å². The van der Waals surface area contributed by atoms with Crippen molar-refractivity contribution in [3.05, 3.63) is 113 Å². The molecule has 0 bridgehead atoms. The van der Waals surface area contributed by atoms with Crippen molar-refractivity contribution < 1.29 is 14.3 Å². The predicted octanol–water partition coefficient (Wildman–Crippen LogP) is 6.49. The third-order valence-electron chi connectivity index (χ3n) is 5.91. The Morgan fingerprint density at radius 3 is 2.53 bits per heavy atom. The van der Waals surface area contributed by atoms with Gasteiger partial charge in [-0.05, 0) is 71.1 Å². The Morgan fingerprint density at radius 1 is 0.824 bits per heavy atom. The zero-order valence-electron chi connectivity index (χ0n) is 18.7. The molecule has 0 spiro atoms. The van der Waals surface area contributed by atoms with Gasteiger partial charge in [-0.15, -0.1) is 11.8 Å². The van der Waals surface area contributed by atoms with Gasteiger partial charge in [-0.3, -0.25) is 9.59 Å². The fraction of sp³-hybridized carbons (Fsp3) is 0.103. The summed E-state index contributed by atoms with van der Waals surface area (Å²) < 4.78 is 5.19. The first-order valence-electron chi connectivity index (χ1n) is 11.0. The van der Waals surface area contributed by atoms with Crippen molar-refractivity contribution in [1.29, 1.82) is 0 Å². The number of Topliss-reactive ketones (excluding diaryl/α,β-unsaturated/α-hetero) is 1. The summed E-state index contributed by atoms with van der Waals surface area (Å²) >= 11 is 1.47. The van der Waals surface area contributed by atoms with Crippen LogP contribution in [0.25, 0.3) is 11.1 Å². The normalized spacial score (nSPS) is 11.4. The van der Waals surface area contributed by atoms with E-state index in [0.29, 0.717) is 22.8 Å². The first-order valence-corrected chi connectivity index (χ1v) is 12.0. The Hall–Kier alpha value is -3.83. The fourth-order valence-corrected chi connectivity index (χ4v) is 5.03. The lowest BCUT2D eigenvalue weighted by molar-refractivity contribution is 0.101. The molecule has 168 valence electrons. The minimum atomic E-state index is -0.212. The molecule has 5 rings (SSSR count). The summed E-state index contributed by atoms with van der Waals surface area (Å²) in [6, 6.07) is 29.0. The Kier molecular flexibility index (Phi) is 6.19. The van der Waals surface area contributed by atoms with Gasteiger partial charge in [0.2, 0.25) is 0 Å². The van der Waals surface area contributed by atoms with E-state index < -0.39 is 0 Å². The number of hydrogen-bond donors (Lipinski definition) is 1. The van der Waals surface area contributed by atoms with Crippen molar-refractivity contribution in [2.24, 2.45) is 0 Å². The molecule has 0 atom stereocenters. The maximum Gasteiger partial charge on any atom is 0.255 e. The van der Waals surface area contributed by atoms with Gasteiger partial charge in [-0.25, -0.2) is 0 Å². The summed E-state index contributed by atoms with van der Waals surface area (Å²) in [7, 11) is 1.57. The van der Waals surface area contributed by atoms with Crippen LogP contribution in [0.1, 0.15) is 31.8 Å². The zero-order valence-corrected chi connectivity index (χ0v) is 19.5. The van der Waals surface area contributed by atoms with Gasteiger partial charge in [-0.1, -0.05) is 48.5 Å². The number of ether oxygens (including phenoxy) is 1. The number of carbonyl (C=O) groups excluding carboxylic acids is 2. The number of carbonyl (C=O) groups is 2. The third kappa shape index (κ3) is 4.61. The lowest BCUT2D eigenvalue weighted by atomic mass is 10.0. The summed E-state index contributed by atoms with van der Waals surface area (Å²) in [6.07, 6.45) is 0.870. The first kappa shape index (κ1) is 22.0. The molecular formula is C29H23NO3S. The quantitative estimate of drug-likeness (QED) is 0.220. The molecule has 5 heteroatoms. The smallest absolute Gasteiger partial charge is 0.255 e. The maximum absolute atomic E-state index is 12.9. The number of benzene rings is 4. The minimum absolute atomic E-state index is 0.0922. The molecule has 0 saturated carbocycles. The Balaban J connectivity index is 1.23. The largest absolute Gasteiger partial charge is 0.497 e. The van der Waals surface area contributed by atoms with Crippen LogP contribution in [0.3, 0.4) is 0 Å². The van der Waals surface area contributed by atoms with Gasteiger partial charge >= 0.3 is 0 Å². The van der Waals surface area contributed by atoms with Crippen molar-refractivity contribution in [1.82, 2.24) is 0 Å². The summed E-state index contributed by atoms with van der Waals surface area (Å²) in [5.74, 6) is 0.843. The van der Waals surface area contributed by atoms with Gasteiger partial charge in [-0.2, -0.15) is 0 Å². The highest BCUT2D eigenvalue weighted by molar-refractivity contribution is 8.00. The van der Waals surface area contributed by atoms with E-state index in [1.54, 1.807) is 31.4 Å². The van der Waals surface area contributed by atoms with Crippen molar-refractivity contribution in [2.75, 3.05) is 18.2 Å². The van der Waals surface area contributed by atoms with Crippen molar-refractivity contribution in [3.8, 4) is 16.9 Å². The molecule has 1 aliphatic rings. The van der Waals surface area contributed by atoms with Crippen LogP contribution < -0.4 is 10.1 Å². The molecule has 0 heterocycles. The van der Waals surface area contributed by atoms with Crippen molar-refractivity contribution >= 4 is 29.1 Å². The standard InChI is InChI=1S/C29H23NO3S/c1-33-24-9-4-7-21(16-24)29(32)30-23-8-5-10-25(17-23)34-18-28(31)20-12-13-27-22(15-20)14-19-6-2-3-11-26(19)27/h2-13,15-17H,14,18H2,1H3,(H,30,32). The highest BCUT2D eigenvalue weighted by atomic mass is 32.2. The van der Waals surface area contributed by atoms with Crippen LogP contribution in [0, 0.1) is 0 Å². The maximum atomic E-state index is 12.9. The van der Waals surface area contributed by atoms with E-state index >= 15 is 0 Å². The van der Waals surface area contributed by atoms with E-state index in [1.165, 1.54) is 34.0 Å². The van der Waals surface area contributed by atoms with E-state index in [9.17, 15) is 9.59 Å². The number of ketones is 1. The van der Waals surface area contributed by atoms with E-state index in [1.807, 2.05) is 36.4 Å². The molecule has 34 heavy (non-hydrogen) atoms. The molecule has 1 aliphatic carbocycles. The van der Waals surface area contributed by atoms with Crippen LogP contribution in [0.4, 0.5) is 5.69 Å². The van der Waals surface area contributed by atoms with Gasteiger partial charge in [0.15, 0.2) is 5.78 Å². The highest BCUT2D eigenvalue weighted by Crippen LogP contribution is 2.37. The second-order valence-electron chi connectivity index (χ2n) is 8.13. The number of amides is 1. The monoisotopic (exact) mass is 465 g/mol. The van der Waals surface area contributed by atoms with Gasteiger partial charge in [0.05, 0.1) is 12.9 Å². The number of hydrogen-bond acceptors (Lipinski definition) is 4. The Labute approximate surface area is 203 Å². The molecule has 4 nitrogen and oxygen atoms in total. The van der Waals surface area contributed by atoms with Crippen molar-refractivity contribution in [2.45, 2.75) is 11.3 Å². The van der Waals surface area contributed by atoms with Crippen LogP contribution in [-0.4, -0.2) is 24.6 Å². The Morgan fingerprint density at radius 2 is 1.65 bits per heavy atom. The molecule has 0 aliphatic heterocycles. The number of methoxy groups -OCH3 is 1. The highest BCUT2D eigenvalue weighted by Gasteiger charge is 2.19. The number of anilines is 1. The number of rotatable bonds is 7.